The molecule has 12 heteroatoms. The zero-order valence-corrected chi connectivity index (χ0v) is 13.8. The number of hydrogen-bond acceptors (Lipinski definition) is 4. The molecule has 2 aliphatic rings. The van der Waals surface area contributed by atoms with Crippen LogP contribution in [0.15, 0.2) is 0 Å². The van der Waals surface area contributed by atoms with Gasteiger partial charge in [-0.3, -0.25) is 14.5 Å². The van der Waals surface area contributed by atoms with Gasteiger partial charge in [0.15, 0.2) is 0 Å². The van der Waals surface area contributed by atoms with Crippen LogP contribution in [-0.2, 0) is 9.59 Å². The lowest BCUT2D eigenvalue weighted by atomic mass is 10.1. The molecule has 2 heterocycles. The minimum Gasteiger partial charge on any atom is -0.354 e. The van der Waals surface area contributed by atoms with Crippen LogP contribution < -0.4 is 10.6 Å². The highest BCUT2D eigenvalue weighted by Crippen LogP contribution is 2.26. The molecule has 0 aromatic carbocycles. The van der Waals surface area contributed by atoms with E-state index in [1.165, 1.54) is 4.90 Å². The van der Waals surface area contributed by atoms with Crippen molar-refractivity contribution in [3.05, 3.63) is 0 Å². The van der Waals surface area contributed by atoms with E-state index < -0.39 is 62.2 Å². The molecule has 2 saturated heterocycles. The number of rotatable bonds is 5. The maximum Gasteiger partial charge on any atom is 0.406 e. The second-order valence-corrected chi connectivity index (χ2v) is 6.38. The van der Waals surface area contributed by atoms with Gasteiger partial charge in [-0.2, -0.15) is 26.3 Å². The molecule has 2 N–H and O–H groups in total. The van der Waals surface area contributed by atoms with E-state index in [0.29, 0.717) is 18.0 Å². The van der Waals surface area contributed by atoms with Gasteiger partial charge in [-0.05, 0) is 0 Å². The van der Waals surface area contributed by atoms with Crippen molar-refractivity contribution < 1.29 is 35.9 Å². The molecule has 0 aromatic rings. The zero-order chi connectivity index (χ0) is 19.5. The van der Waals surface area contributed by atoms with Gasteiger partial charge in [-0.25, -0.2) is 0 Å². The van der Waals surface area contributed by atoms with Gasteiger partial charge >= 0.3 is 12.4 Å². The third-order valence-electron chi connectivity index (χ3n) is 4.40. The second-order valence-electron chi connectivity index (χ2n) is 6.38. The van der Waals surface area contributed by atoms with Crippen molar-refractivity contribution in [3.63, 3.8) is 0 Å². The summed E-state index contributed by atoms with van der Waals surface area (Å²) in [4.78, 5) is 25.3. The van der Waals surface area contributed by atoms with Crippen molar-refractivity contribution in [2.24, 2.45) is 5.92 Å². The van der Waals surface area contributed by atoms with E-state index in [1.54, 1.807) is 0 Å². The first kappa shape index (κ1) is 20.7. The number of nitrogens with zero attached hydrogens (tertiary/aromatic N) is 2. The van der Waals surface area contributed by atoms with E-state index >= 15 is 0 Å². The van der Waals surface area contributed by atoms with Gasteiger partial charge in [0.05, 0.1) is 5.92 Å². The number of likely N-dealkylation sites (tertiary alicyclic amines) is 1. The number of hydrogen-bond donors (Lipinski definition) is 2. The van der Waals surface area contributed by atoms with Crippen LogP contribution in [0.2, 0.25) is 0 Å². The van der Waals surface area contributed by atoms with Crippen molar-refractivity contribution in [1.82, 2.24) is 20.4 Å². The Hall–Kier alpha value is -1.56. The van der Waals surface area contributed by atoms with Gasteiger partial charge < -0.3 is 15.5 Å². The summed E-state index contributed by atoms with van der Waals surface area (Å²) < 4.78 is 76.8. The topological polar surface area (TPSA) is 64.7 Å². The lowest BCUT2D eigenvalue weighted by Crippen LogP contribution is -2.57. The fourth-order valence-corrected chi connectivity index (χ4v) is 3.10. The van der Waals surface area contributed by atoms with Crippen LogP contribution in [0.4, 0.5) is 26.3 Å². The Kier molecular flexibility index (Phi) is 6.37. The zero-order valence-electron chi connectivity index (χ0n) is 13.8. The molecule has 0 aromatic heterocycles. The smallest absolute Gasteiger partial charge is 0.354 e. The van der Waals surface area contributed by atoms with E-state index in [4.69, 9.17) is 0 Å². The summed E-state index contributed by atoms with van der Waals surface area (Å²) in [5.74, 6) is -2.76. The van der Waals surface area contributed by atoms with Crippen molar-refractivity contribution in [1.29, 1.82) is 0 Å². The number of piperazine rings is 1. The Morgan fingerprint density at radius 1 is 1.19 bits per heavy atom. The maximum atomic E-state index is 13.2. The highest BCUT2D eigenvalue weighted by molar-refractivity contribution is 5.89. The quantitative estimate of drug-likeness (QED) is 0.665. The second kappa shape index (κ2) is 7.99. The number of halogens is 6. The number of carbonyl (C=O) groups is 2. The molecule has 0 bridgehead atoms. The Labute approximate surface area is 145 Å². The average molecular weight is 390 g/mol. The van der Waals surface area contributed by atoms with Crippen LogP contribution >= 0.6 is 0 Å². The van der Waals surface area contributed by atoms with Crippen molar-refractivity contribution in [3.8, 4) is 0 Å². The summed E-state index contributed by atoms with van der Waals surface area (Å²) in [7, 11) is 0. The van der Waals surface area contributed by atoms with Crippen LogP contribution in [0.5, 0.6) is 0 Å². The molecule has 0 aliphatic carbocycles. The first-order valence-corrected chi connectivity index (χ1v) is 8.11. The molecule has 2 aliphatic heterocycles. The fraction of sp³-hybridized carbons (Fsp3) is 0.857. The molecular formula is C14H20F6N4O2. The molecule has 2 atom stereocenters. The molecule has 26 heavy (non-hydrogen) atoms. The number of carbonyl (C=O) groups excluding carboxylic acids is 2. The van der Waals surface area contributed by atoms with E-state index in [-0.39, 0.29) is 13.1 Å². The lowest BCUT2D eigenvalue weighted by molar-refractivity contribution is -0.184. The lowest BCUT2D eigenvalue weighted by Gasteiger charge is -2.36. The van der Waals surface area contributed by atoms with Gasteiger partial charge in [0.2, 0.25) is 11.8 Å². The van der Waals surface area contributed by atoms with Crippen molar-refractivity contribution in [2.75, 3.05) is 45.8 Å². The number of amides is 2. The molecule has 2 fully saturated rings. The molecule has 2 rings (SSSR count). The molecule has 6 nitrogen and oxygen atoms in total. The fourth-order valence-electron chi connectivity index (χ4n) is 3.10. The third kappa shape index (κ3) is 5.73. The highest BCUT2D eigenvalue weighted by atomic mass is 19.4. The summed E-state index contributed by atoms with van der Waals surface area (Å²) in [5.41, 5.74) is 0. The predicted molar refractivity (Wildman–Crippen MR) is 78.0 cm³/mol. The van der Waals surface area contributed by atoms with Gasteiger partial charge in [-0.1, -0.05) is 0 Å². The monoisotopic (exact) mass is 390 g/mol. The summed E-state index contributed by atoms with van der Waals surface area (Å²) in [6.45, 7) is -1.50. The van der Waals surface area contributed by atoms with E-state index in [9.17, 15) is 35.9 Å². The standard InChI is InChI=1S/C14H20F6N4O2/c15-13(16,17)8-24-7-9(5-11(24)25)12(26)22-6-10(14(18,19)20)23-3-1-21-2-4-23/h9-10,21H,1-8H2,(H,22,26). The molecule has 0 spiro atoms. The number of alkyl halides is 6. The van der Waals surface area contributed by atoms with Gasteiger partial charge in [0, 0.05) is 45.7 Å². The van der Waals surface area contributed by atoms with Crippen LogP contribution in [0.3, 0.4) is 0 Å². The van der Waals surface area contributed by atoms with Crippen molar-refractivity contribution >= 4 is 11.8 Å². The minimum atomic E-state index is -4.59. The number of nitrogens with one attached hydrogen (secondary N) is 2. The Morgan fingerprint density at radius 2 is 1.81 bits per heavy atom. The average Bonchev–Trinajstić information content (AvgIpc) is 2.86. The molecule has 2 unspecified atom stereocenters. The van der Waals surface area contributed by atoms with E-state index in [2.05, 4.69) is 10.6 Å². The summed E-state index contributed by atoms with van der Waals surface area (Å²) in [6.07, 6.45) is -9.59. The predicted octanol–water partition coefficient (Wildman–Crippen LogP) is 0.349. The minimum absolute atomic E-state index is 0.168. The van der Waals surface area contributed by atoms with Gasteiger partial charge in [0.1, 0.15) is 12.6 Å². The molecule has 2 amide bonds. The normalized spacial score (nSPS) is 24.0. The van der Waals surface area contributed by atoms with Gasteiger partial charge in [0.25, 0.3) is 0 Å². The van der Waals surface area contributed by atoms with E-state index in [1.807, 2.05) is 0 Å². The van der Waals surface area contributed by atoms with Crippen LogP contribution in [-0.4, -0.2) is 85.8 Å². The first-order chi connectivity index (χ1) is 12.0. The first-order valence-electron chi connectivity index (χ1n) is 8.11. The van der Waals surface area contributed by atoms with Gasteiger partial charge in [-0.15, -0.1) is 0 Å². The third-order valence-corrected chi connectivity index (χ3v) is 4.40. The van der Waals surface area contributed by atoms with Crippen LogP contribution in [0.1, 0.15) is 6.42 Å². The summed E-state index contributed by atoms with van der Waals surface area (Å²) in [6, 6.07) is -1.88. The maximum absolute atomic E-state index is 13.2. The van der Waals surface area contributed by atoms with E-state index in [0.717, 1.165) is 0 Å². The Bertz CT molecular complexity index is 519. The molecule has 0 radical (unpaired) electrons. The molecular weight excluding hydrogens is 370 g/mol. The van der Waals surface area contributed by atoms with Crippen LogP contribution in [0.25, 0.3) is 0 Å². The van der Waals surface area contributed by atoms with Crippen molar-refractivity contribution in [2.45, 2.75) is 24.8 Å². The summed E-state index contributed by atoms with van der Waals surface area (Å²) >= 11 is 0. The van der Waals surface area contributed by atoms with Crippen LogP contribution in [0, 0.1) is 5.92 Å². The highest BCUT2D eigenvalue weighted by Gasteiger charge is 2.45. The largest absolute Gasteiger partial charge is 0.406 e. The Morgan fingerprint density at radius 3 is 2.35 bits per heavy atom. The Balaban J connectivity index is 1.90. The molecule has 150 valence electrons. The molecule has 0 saturated carbocycles. The SMILES string of the molecule is O=C(NCC(N1CCNCC1)C(F)(F)F)C1CC(=O)N(CC(F)(F)F)C1. The summed E-state index contributed by atoms with van der Waals surface area (Å²) in [5, 5.41) is 5.08.